The molecule has 0 aromatic heterocycles. The number of benzene rings is 2. The van der Waals surface area contributed by atoms with Crippen LogP contribution in [0.4, 0.5) is 0 Å². The monoisotopic (exact) mass is 280 g/mol. The Hall–Kier alpha value is -2.24. The van der Waals surface area contributed by atoms with Crippen LogP contribution in [0.2, 0.25) is 0 Å². The molecule has 2 rings (SSSR count). The largest absolute Gasteiger partial charge is 0.496 e. The molecule has 0 spiro atoms. The second-order valence-electron chi connectivity index (χ2n) is 5.04. The standard InChI is InChI=1S/C19H20O2/c1-3-19(20,17-12-5-4-6-13-17)15-9-11-16-10-7-8-14-18(16)21-2/h1,4-8,10,12-14,20H,9,11,15H2,2H3. The van der Waals surface area contributed by atoms with Gasteiger partial charge in [-0.2, -0.15) is 0 Å². The van der Waals surface area contributed by atoms with Crippen LogP contribution >= 0.6 is 0 Å². The molecular formula is C19H20O2. The number of aliphatic hydroxyl groups is 1. The summed E-state index contributed by atoms with van der Waals surface area (Å²) in [4.78, 5) is 0. The molecule has 2 heteroatoms. The van der Waals surface area contributed by atoms with E-state index in [2.05, 4.69) is 5.92 Å². The maximum Gasteiger partial charge on any atom is 0.150 e. The number of rotatable bonds is 6. The first kappa shape index (κ1) is 15.2. The Morgan fingerprint density at radius 3 is 2.43 bits per heavy atom. The van der Waals surface area contributed by atoms with E-state index in [4.69, 9.17) is 11.2 Å². The van der Waals surface area contributed by atoms with Gasteiger partial charge in [-0.15, -0.1) is 6.42 Å². The van der Waals surface area contributed by atoms with E-state index in [-0.39, 0.29) is 0 Å². The summed E-state index contributed by atoms with van der Waals surface area (Å²) in [6, 6.07) is 17.3. The van der Waals surface area contributed by atoms with Crippen molar-refractivity contribution >= 4 is 0 Å². The average molecular weight is 280 g/mol. The molecule has 21 heavy (non-hydrogen) atoms. The minimum absolute atomic E-state index is 0.519. The molecule has 2 aromatic rings. The summed E-state index contributed by atoms with van der Waals surface area (Å²) in [7, 11) is 1.67. The van der Waals surface area contributed by atoms with Gasteiger partial charge >= 0.3 is 0 Å². The molecule has 0 radical (unpaired) electrons. The Bertz CT molecular complexity index is 613. The van der Waals surface area contributed by atoms with Gasteiger partial charge in [0.2, 0.25) is 0 Å². The van der Waals surface area contributed by atoms with Crippen molar-refractivity contribution in [1.82, 2.24) is 0 Å². The zero-order valence-electron chi connectivity index (χ0n) is 12.3. The Morgan fingerprint density at radius 1 is 1.10 bits per heavy atom. The molecular weight excluding hydrogens is 260 g/mol. The van der Waals surface area contributed by atoms with Crippen LogP contribution in [0.25, 0.3) is 0 Å². The number of hydrogen-bond donors (Lipinski definition) is 1. The number of terminal acetylenes is 1. The first-order valence-corrected chi connectivity index (χ1v) is 7.07. The van der Waals surface area contributed by atoms with E-state index < -0.39 is 5.60 Å². The van der Waals surface area contributed by atoms with Gasteiger partial charge in [-0.25, -0.2) is 0 Å². The molecule has 108 valence electrons. The maximum atomic E-state index is 10.6. The third-order valence-electron chi connectivity index (χ3n) is 3.67. The van der Waals surface area contributed by atoms with Crippen molar-refractivity contribution in [3.8, 4) is 18.1 Å². The molecule has 1 atom stereocenters. The Morgan fingerprint density at radius 2 is 1.76 bits per heavy atom. The van der Waals surface area contributed by atoms with Gasteiger partial charge in [0.1, 0.15) is 5.75 Å². The smallest absolute Gasteiger partial charge is 0.150 e. The summed E-state index contributed by atoms with van der Waals surface area (Å²) < 4.78 is 5.34. The molecule has 0 aliphatic heterocycles. The summed E-state index contributed by atoms with van der Waals surface area (Å²) >= 11 is 0. The van der Waals surface area contributed by atoms with Crippen molar-refractivity contribution in [2.24, 2.45) is 0 Å². The lowest BCUT2D eigenvalue weighted by Gasteiger charge is -2.22. The Balaban J connectivity index is 2.03. The van der Waals surface area contributed by atoms with Crippen LogP contribution in [0.1, 0.15) is 24.0 Å². The zero-order chi connectivity index (χ0) is 15.1. The molecule has 0 heterocycles. The van der Waals surface area contributed by atoms with Gasteiger partial charge in [0.05, 0.1) is 7.11 Å². The van der Waals surface area contributed by atoms with E-state index >= 15 is 0 Å². The topological polar surface area (TPSA) is 29.5 Å². The van der Waals surface area contributed by atoms with Gasteiger partial charge in [-0.1, -0.05) is 54.5 Å². The maximum absolute atomic E-state index is 10.6. The highest BCUT2D eigenvalue weighted by Gasteiger charge is 2.25. The van der Waals surface area contributed by atoms with Crippen LogP contribution in [-0.4, -0.2) is 12.2 Å². The first-order valence-electron chi connectivity index (χ1n) is 7.07. The van der Waals surface area contributed by atoms with Crippen LogP contribution in [0.15, 0.2) is 54.6 Å². The Kier molecular flexibility index (Phi) is 5.03. The fourth-order valence-electron chi connectivity index (χ4n) is 2.46. The first-order chi connectivity index (χ1) is 10.2. The summed E-state index contributed by atoms with van der Waals surface area (Å²) in [5.41, 5.74) is 0.698. The van der Waals surface area contributed by atoms with Gasteiger partial charge in [-0.3, -0.25) is 0 Å². The Labute approximate surface area is 126 Å². The van der Waals surface area contributed by atoms with Crippen molar-refractivity contribution in [1.29, 1.82) is 0 Å². The van der Waals surface area contributed by atoms with E-state index in [9.17, 15) is 5.11 Å². The minimum atomic E-state index is -1.21. The normalized spacial score (nSPS) is 13.2. The molecule has 0 aliphatic rings. The fourth-order valence-corrected chi connectivity index (χ4v) is 2.46. The molecule has 0 saturated heterocycles. The highest BCUT2D eigenvalue weighted by atomic mass is 16.5. The third kappa shape index (κ3) is 3.65. The quantitative estimate of drug-likeness (QED) is 0.820. The van der Waals surface area contributed by atoms with Gasteiger partial charge in [0.15, 0.2) is 5.60 Å². The molecule has 1 N–H and O–H groups in total. The van der Waals surface area contributed by atoms with Gasteiger partial charge < -0.3 is 9.84 Å². The van der Waals surface area contributed by atoms with Crippen molar-refractivity contribution < 1.29 is 9.84 Å². The van der Waals surface area contributed by atoms with Gasteiger partial charge in [0.25, 0.3) is 0 Å². The highest BCUT2D eigenvalue weighted by Crippen LogP contribution is 2.27. The zero-order valence-corrected chi connectivity index (χ0v) is 12.3. The second-order valence-corrected chi connectivity index (χ2v) is 5.04. The van der Waals surface area contributed by atoms with E-state index in [1.54, 1.807) is 7.11 Å². The lowest BCUT2D eigenvalue weighted by Crippen LogP contribution is -2.23. The van der Waals surface area contributed by atoms with Crippen molar-refractivity contribution in [3.63, 3.8) is 0 Å². The summed E-state index contributed by atoms with van der Waals surface area (Å²) in [5, 5.41) is 10.6. The molecule has 0 saturated carbocycles. The van der Waals surface area contributed by atoms with E-state index in [1.165, 1.54) is 0 Å². The molecule has 1 unspecified atom stereocenters. The number of hydrogen-bond acceptors (Lipinski definition) is 2. The van der Waals surface area contributed by atoms with Crippen LogP contribution in [0.3, 0.4) is 0 Å². The molecule has 0 fully saturated rings. The summed E-state index contributed by atoms with van der Waals surface area (Å²) in [6.07, 6.45) is 7.68. The van der Waals surface area contributed by atoms with Gasteiger partial charge in [-0.05, 0) is 36.5 Å². The number of ether oxygens (including phenoxy) is 1. The van der Waals surface area contributed by atoms with Crippen LogP contribution in [0.5, 0.6) is 5.75 Å². The van der Waals surface area contributed by atoms with Crippen molar-refractivity contribution in [3.05, 3.63) is 65.7 Å². The van der Waals surface area contributed by atoms with E-state index in [1.807, 2.05) is 54.6 Å². The van der Waals surface area contributed by atoms with E-state index in [0.29, 0.717) is 6.42 Å². The summed E-state index contributed by atoms with van der Waals surface area (Å²) in [6.45, 7) is 0. The number of para-hydroxylation sites is 1. The van der Waals surface area contributed by atoms with Crippen molar-refractivity contribution in [2.75, 3.05) is 7.11 Å². The highest BCUT2D eigenvalue weighted by molar-refractivity contribution is 5.34. The average Bonchev–Trinajstić information content (AvgIpc) is 2.56. The van der Waals surface area contributed by atoms with Gasteiger partial charge in [0, 0.05) is 0 Å². The molecule has 2 nitrogen and oxygen atoms in total. The molecule has 0 amide bonds. The van der Waals surface area contributed by atoms with E-state index in [0.717, 1.165) is 29.7 Å². The predicted octanol–water partition coefficient (Wildman–Crippen LogP) is 3.54. The van der Waals surface area contributed by atoms with Crippen molar-refractivity contribution in [2.45, 2.75) is 24.9 Å². The lowest BCUT2D eigenvalue weighted by molar-refractivity contribution is 0.0880. The third-order valence-corrected chi connectivity index (χ3v) is 3.67. The van der Waals surface area contributed by atoms with Crippen LogP contribution in [-0.2, 0) is 12.0 Å². The SMILES string of the molecule is C#CC(O)(CCCc1ccccc1OC)c1ccccc1. The second kappa shape index (κ2) is 6.97. The molecule has 2 aromatic carbocycles. The number of methoxy groups -OCH3 is 1. The predicted molar refractivity (Wildman–Crippen MR) is 85.1 cm³/mol. The van der Waals surface area contributed by atoms with Crippen LogP contribution in [0, 0.1) is 12.3 Å². The summed E-state index contributed by atoms with van der Waals surface area (Å²) in [5.74, 6) is 3.41. The lowest BCUT2D eigenvalue weighted by atomic mass is 9.88. The van der Waals surface area contributed by atoms with Crippen LogP contribution < -0.4 is 4.74 Å². The fraction of sp³-hybridized carbons (Fsp3) is 0.263. The molecule has 0 bridgehead atoms. The number of aryl methyl sites for hydroxylation is 1. The minimum Gasteiger partial charge on any atom is -0.496 e. The molecule has 0 aliphatic carbocycles.